The molecule has 3 N–H and O–H groups in total. The summed E-state index contributed by atoms with van der Waals surface area (Å²) in [6.45, 7) is 5.34. The Morgan fingerprint density at radius 3 is 2.67 bits per heavy atom. The molecule has 0 spiro atoms. The summed E-state index contributed by atoms with van der Waals surface area (Å²) in [6, 6.07) is 14.3. The van der Waals surface area contributed by atoms with E-state index in [2.05, 4.69) is 15.4 Å². The molecule has 27 heavy (non-hydrogen) atoms. The molecular formula is C21H23N5O. The fraction of sp³-hybridized carbons (Fsp3) is 0.333. The molecule has 6 heteroatoms. The number of nitrogens with zero attached hydrogens (tertiary/aromatic N) is 4. The summed E-state index contributed by atoms with van der Waals surface area (Å²) < 4.78 is 2.07. The van der Waals surface area contributed by atoms with Crippen molar-refractivity contribution in [2.24, 2.45) is 5.73 Å². The second kappa shape index (κ2) is 5.65. The molecule has 5 rings (SSSR count). The van der Waals surface area contributed by atoms with Crippen molar-refractivity contribution in [1.82, 2.24) is 14.4 Å². The predicted molar refractivity (Wildman–Crippen MR) is 108 cm³/mol. The Balaban J connectivity index is 1.86. The number of nitrogens with two attached hydrogens (primary N) is 1. The van der Waals surface area contributed by atoms with E-state index in [4.69, 9.17) is 15.7 Å². The number of hydrogen-bond acceptors (Lipinski definition) is 5. The lowest BCUT2D eigenvalue weighted by atomic mass is 9.98. The van der Waals surface area contributed by atoms with Gasteiger partial charge in [0.1, 0.15) is 17.1 Å². The van der Waals surface area contributed by atoms with Crippen LogP contribution in [0.1, 0.15) is 25.8 Å². The normalized spacial score (nSPS) is 18.2. The number of pyridine rings is 2. The lowest BCUT2D eigenvalue weighted by molar-refractivity contribution is 0.0798. The Labute approximate surface area is 157 Å². The lowest BCUT2D eigenvalue weighted by Crippen LogP contribution is -2.27. The van der Waals surface area contributed by atoms with Gasteiger partial charge in [0.15, 0.2) is 0 Å². The molecule has 0 saturated carbocycles. The summed E-state index contributed by atoms with van der Waals surface area (Å²) in [5, 5.41) is 11.7. The van der Waals surface area contributed by atoms with Crippen LogP contribution in [0.4, 0.5) is 5.82 Å². The van der Waals surface area contributed by atoms with E-state index in [1.54, 1.807) is 13.8 Å². The van der Waals surface area contributed by atoms with Crippen LogP contribution in [0, 0.1) is 0 Å². The van der Waals surface area contributed by atoms with Crippen LogP contribution in [0.5, 0.6) is 0 Å². The average Bonchev–Trinajstić information content (AvgIpc) is 3.23. The minimum Gasteiger partial charge on any atom is -0.386 e. The predicted octanol–water partition coefficient (Wildman–Crippen LogP) is 2.80. The molecule has 1 aliphatic rings. The highest BCUT2D eigenvalue weighted by Crippen LogP contribution is 2.32. The molecule has 4 aromatic rings. The van der Waals surface area contributed by atoms with Crippen LogP contribution in [0.25, 0.3) is 27.7 Å². The zero-order valence-corrected chi connectivity index (χ0v) is 15.6. The molecular weight excluding hydrogens is 338 g/mol. The highest BCUT2D eigenvalue weighted by atomic mass is 16.3. The van der Waals surface area contributed by atoms with E-state index < -0.39 is 5.60 Å². The van der Waals surface area contributed by atoms with Crippen molar-refractivity contribution in [2.45, 2.75) is 31.9 Å². The van der Waals surface area contributed by atoms with Crippen LogP contribution in [0.15, 0.2) is 42.5 Å². The zero-order chi connectivity index (χ0) is 18.8. The Bertz CT molecular complexity index is 1170. The lowest BCUT2D eigenvalue weighted by Gasteiger charge is -2.21. The van der Waals surface area contributed by atoms with E-state index in [1.165, 1.54) is 0 Å². The van der Waals surface area contributed by atoms with Gasteiger partial charge in [0.25, 0.3) is 0 Å². The standard InChI is InChI=1S/C21H23N5O/c1-21(2,27)15-11-13-7-8-18(25-10-9-14(22)12-25)24-19(13)26-17-6-4-3-5-16(17)23-20(15)26/h3-8,11,14,27H,9-10,12,22H2,1-2H3. The van der Waals surface area contributed by atoms with E-state index in [9.17, 15) is 5.11 Å². The number of benzene rings is 1. The maximum Gasteiger partial charge on any atom is 0.148 e. The number of para-hydroxylation sites is 2. The van der Waals surface area contributed by atoms with E-state index in [-0.39, 0.29) is 6.04 Å². The fourth-order valence-electron chi connectivity index (χ4n) is 4.00. The van der Waals surface area contributed by atoms with Gasteiger partial charge in [-0.1, -0.05) is 12.1 Å². The minimum atomic E-state index is -1.00. The van der Waals surface area contributed by atoms with Crippen molar-refractivity contribution in [1.29, 1.82) is 0 Å². The summed E-state index contributed by atoms with van der Waals surface area (Å²) >= 11 is 0. The summed E-state index contributed by atoms with van der Waals surface area (Å²) in [5.74, 6) is 0.936. The quantitative estimate of drug-likeness (QED) is 0.574. The second-order valence-electron chi connectivity index (χ2n) is 7.95. The van der Waals surface area contributed by atoms with Crippen molar-refractivity contribution < 1.29 is 5.11 Å². The van der Waals surface area contributed by atoms with Gasteiger partial charge >= 0.3 is 0 Å². The maximum absolute atomic E-state index is 10.7. The van der Waals surface area contributed by atoms with Crippen LogP contribution in [-0.4, -0.2) is 38.6 Å². The van der Waals surface area contributed by atoms with Crippen molar-refractivity contribution in [2.75, 3.05) is 18.0 Å². The highest BCUT2D eigenvalue weighted by molar-refractivity contribution is 5.91. The third-order valence-corrected chi connectivity index (χ3v) is 5.41. The smallest absolute Gasteiger partial charge is 0.148 e. The van der Waals surface area contributed by atoms with Crippen LogP contribution < -0.4 is 10.6 Å². The number of hydrogen-bond donors (Lipinski definition) is 2. The molecule has 1 saturated heterocycles. The highest BCUT2D eigenvalue weighted by Gasteiger charge is 2.25. The average molecular weight is 361 g/mol. The molecule has 138 valence electrons. The van der Waals surface area contributed by atoms with Gasteiger partial charge in [-0.2, -0.15) is 0 Å². The molecule has 1 aromatic carbocycles. The first-order valence-electron chi connectivity index (χ1n) is 9.36. The summed E-state index contributed by atoms with van der Waals surface area (Å²) in [7, 11) is 0. The Morgan fingerprint density at radius 2 is 1.93 bits per heavy atom. The molecule has 1 atom stereocenters. The van der Waals surface area contributed by atoms with Gasteiger partial charge in [0.05, 0.1) is 16.6 Å². The number of aliphatic hydroxyl groups is 1. The molecule has 0 aliphatic carbocycles. The number of fused-ring (bicyclic) bond motifs is 5. The zero-order valence-electron chi connectivity index (χ0n) is 15.6. The van der Waals surface area contributed by atoms with Crippen molar-refractivity contribution in [3.63, 3.8) is 0 Å². The third-order valence-electron chi connectivity index (χ3n) is 5.41. The van der Waals surface area contributed by atoms with Gasteiger partial charge in [-0.3, -0.25) is 4.40 Å². The van der Waals surface area contributed by atoms with Crippen LogP contribution >= 0.6 is 0 Å². The van der Waals surface area contributed by atoms with Crippen LogP contribution in [-0.2, 0) is 5.60 Å². The topological polar surface area (TPSA) is 79.7 Å². The van der Waals surface area contributed by atoms with E-state index in [0.717, 1.165) is 58.6 Å². The molecule has 4 heterocycles. The number of anilines is 1. The van der Waals surface area contributed by atoms with Gasteiger partial charge in [0.2, 0.25) is 0 Å². The maximum atomic E-state index is 10.7. The van der Waals surface area contributed by atoms with Crippen LogP contribution in [0.2, 0.25) is 0 Å². The van der Waals surface area contributed by atoms with E-state index >= 15 is 0 Å². The van der Waals surface area contributed by atoms with Gasteiger partial charge in [-0.15, -0.1) is 0 Å². The minimum absolute atomic E-state index is 0.203. The number of aromatic nitrogens is 3. The number of rotatable bonds is 2. The molecule has 6 nitrogen and oxygen atoms in total. The van der Waals surface area contributed by atoms with Crippen molar-refractivity contribution >= 4 is 33.5 Å². The van der Waals surface area contributed by atoms with Gasteiger partial charge in [-0.05, 0) is 50.6 Å². The Morgan fingerprint density at radius 1 is 1.11 bits per heavy atom. The first-order valence-corrected chi connectivity index (χ1v) is 9.36. The second-order valence-corrected chi connectivity index (χ2v) is 7.95. The van der Waals surface area contributed by atoms with Gasteiger partial charge < -0.3 is 15.7 Å². The SMILES string of the molecule is CC(C)(O)c1cc2ccc(N3CCC(N)C3)nc2n2c1nc1ccccc12. The fourth-order valence-corrected chi connectivity index (χ4v) is 4.00. The molecule has 0 radical (unpaired) electrons. The molecule has 0 amide bonds. The Kier molecular flexibility index (Phi) is 3.44. The third kappa shape index (κ3) is 2.56. The first kappa shape index (κ1) is 16.5. The van der Waals surface area contributed by atoms with E-state index in [0.29, 0.717) is 0 Å². The number of imidazole rings is 1. The summed E-state index contributed by atoms with van der Waals surface area (Å²) in [5.41, 5.74) is 9.36. The molecule has 1 fully saturated rings. The monoisotopic (exact) mass is 361 g/mol. The molecule has 1 unspecified atom stereocenters. The molecule has 0 bridgehead atoms. The summed E-state index contributed by atoms with van der Waals surface area (Å²) in [6.07, 6.45) is 0.987. The van der Waals surface area contributed by atoms with Crippen molar-refractivity contribution in [3.8, 4) is 0 Å². The van der Waals surface area contributed by atoms with Gasteiger partial charge in [0, 0.05) is 30.1 Å². The van der Waals surface area contributed by atoms with Crippen molar-refractivity contribution in [3.05, 3.63) is 48.0 Å². The first-order chi connectivity index (χ1) is 12.9. The van der Waals surface area contributed by atoms with E-state index in [1.807, 2.05) is 36.4 Å². The van der Waals surface area contributed by atoms with Crippen LogP contribution in [0.3, 0.4) is 0 Å². The Hall–Kier alpha value is -2.70. The molecule has 3 aromatic heterocycles. The molecule has 1 aliphatic heterocycles. The van der Waals surface area contributed by atoms with Gasteiger partial charge in [-0.25, -0.2) is 9.97 Å². The summed E-state index contributed by atoms with van der Waals surface area (Å²) in [4.78, 5) is 12.0. The largest absolute Gasteiger partial charge is 0.386 e.